The smallest absolute Gasteiger partial charge is 0.163 e. The number of anilines is 3. The van der Waals surface area contributed by atoms with Gasteiger partial charge in [0.25, 0.3) is 0 Å². The molecule has 1 aliphatic rings. The summed E-state index contributed by atoms with van der Waals surface area (Å²) in [6.07, 6.45) is 0. The highest BCUT2D eigenvalue weighted by atomic mass is 19.1. The molecule has 3 aromatic rings. The molecule has 0 bridgehead atoms. The van der Waals surface area contributed by atoms with Gasteiger partial charge in [0, 0.05) is 49.6 Å². The van der Waals surface area contributed by atoms with Gasteiger partial charge in [-0.25, -0.2) is 14.4 Å². The van der Waals surface area contributed by atoms with Crippen LogP contribution < -0.4 is 10.2 Å². The number of nitrogens with one attached hydrogen (secondary N) is 2. The maximum Gasteiger partial charge on any atom is 0.163 e. The van der Waals surface area contributed by atoms with Crippen LogP contribution in [0, 0.1) is 12.7 Å². The van der Waals surface area contributed by atoms with Crippen LogP contribution in [0.5, 0.6) is 0 Å². The molecule has 27 heavy (non-hydrogen) atoms. The predicted molar refractivity (Wildman–Crippen MR) is 104 cm³/mol. The molecule has 0 spiro atoms. The Kier molecular flexibility index (Phi) is 4.72. The monoisotopic (exact) mass is 367 g/mol. The van der Waals surface area contributed by atoms with E-state index in [0.29, 0.717) is 17.5 Å². The molecular weight excluding hydrogens is 345 g/mol. The van der Waals surface area contributed by atoms with E-state index in [-0.39, 0.29) is 5.82 Å². The highest BCUT2D eigenvalue weighted by Gasteiger charge is 2.18. The zero-order valence-corrected chi connectivity index (χ0v) is 15.4. The summed E-state index contributed by atoms with van der Waals surface area (Å²) in [4.78, 5) is 13.9. The third-order valence-corrected chi connectivity index (χ3v) is 4.60. The first kappa shape index (κ1) is 17.4. The minimum absolute atomic E-state index is 0.278. The zero-order valence-electron chi connectivity index (χ0n) is 15.4. The lowest BCUT2D eigenvalue weighted by molar-refractivity contribution is 0.312. The van der Waals surface area contributed by atoms with Crippen LogP contribution in [0.1, 0.15) is 5.69 Å². The molecule has 0 unspecified atom stereocenters. The van der Waals surface area contributed by atoms with Crippen molar-refractivity contribution in [3.8, 4) is 11.4 Å². The number of piperazine rings is 1. The van der Waals surface area contributed by atoms with Crippen LogP contribution in [0.3, 0.4) is 0 Å². The molecule has 0 saturated carbocycles. The van der Waals surface area contributed by atoms with Gasteiger partial charge in [-0.05, 0) is 38.2 Å². The fourth-order valence-electron chi connectivity index (χ4n) is 3.04. The van der Waals surface area contributed by atoms with E-state index in [9.17, 15) is 4.39 Å². The third-order valence-electron chi connectivity index (χ3n) is 4.60. The highest BCUT2D eigenvalue weighted by Crippen LogP contribution is 2.25. The van der Waals surface area contributed by atoms with E-state index in [0.717, 1.165) is 43.3 Å². The Labute approximate surface area is 157 Å². The largest absolute Gasteiger partial charge is 0.354 e. The Hall–Kier alpha value is -3.00. The zero-order chi connectivity index (χ0) is 18.8. The van der Waals surface area contributed by atoms with E-state index in [1.165, 1.54) is 12.1 Å². The van der Waals surface area contributed by atoms with Gasteiger partial charge in [0.2, 0.25) is 0 Å². The molecule has 140 valence electrons. The number of rotatable bonds is 4. The van der Waals surface area contributed by atoms with Crippen molar-refractivity contribution in [2.24, 2.45) is 0 Å². The molecule has 0 radical (unpaired) electrons. The number of halogens is 1. The van der Waals surface area contributed by atoms with Gasteiger partial charge in [-0.15, -0.1) is 0 Å². The SMILES string of the molecule is Cc1cc(Nc2cc(N3CCN(C)CC3)nc(-c3ccc(F)cc3)n2)n[nH]1. The summed E-state index contributed by atoms with van der Waals surface area (Å²) in [6.45, 7) is 5.71. The van der Waals surface area contributed by atoms with E-state index in [4.69, 9.17) is 4.98 Å². The van der Waals surface area contributed by atoms with E-state index < -0.39 is 0 Å². The summed E-state index contributed by atoms with van der Waals surface area (Å²) in [7, 11) is 2.12. The number of hydrogen-bond donors (Lipinski definition) is 2. The number of nitrogens with zero attached hydrogens (tertiary/aromatic N) is 5. The average molecular weight is 367 g/mol. The van der Waals surface area contributed by atoms with Crippen LogP contribution in [0.2, 0.25) is 0 Å². The summed E-state index contributed by atoms with van der Waals surface area (Å²) >= 11 is 0. The Morgan fingerprint density at radius 2 is 1.74 bits per heavy atom. The second kappa shape index (κ2) is 7.32. The molecule has 2 aromatic heterocycles. The summed E-state index contributed by atoms with van der Waals surface area (Å²) in [5, 5.41) is 10.4. The van der Waals surface area contributed by atoms with Crippen LogP contribution >= 0.6 is 0 Å². The first-order valence-corrected chi connectivity index (χ1v) is 8.94. The van der Waals surface area contributed by atoms with Gasteiger partial charge in [-0.2, -0.15) is 5.10 Å². The van der Waals surface area contributed by atoms with Crippen molar-refractivity contribution in [1.29, 1.82) is 0 Å². The molecule has 0 amide bonds. The van der Waals surface area contributed by atoms with Gasteiger partial charge in [-0.3, -0.25) is 5.10 Å². The number of aromatic nitrogens is 4. The number of aryl methyl sites for hydroxylation is 1. The Morgan fingerprint density at radius 3 is 2.41 bits per heavy atom. The normalized spacial score (nSPS) is 15.1. The lowest BCUT2D eigenvalue weighted by atomic mass is 10.2. The minimum Gasteiger partial charge on any atom is -0.354 e. The number of aromatic amines is 1. The van der Waals surface area contributed by atoms with Crippen molar-refractivity contribution in [2.45, 2.75) is 6.92 Å². The standard InChI is InChI=1S/C19H22FN7/c1-13-11-17(25-24-13)21-16-12-18(27-9-7-26(2)8-10-27)23-19(22-16)14-3-5-15(20)6-4-14/h3-6,11-12H,7-10H2,1-2H3,(H2,21,22,23,24,25). The van der Waals surface area contributed by atoms with E-state index in [1.807, 2.05) is 19.1 Å². The molecule has 1 fully saturated rings. The van der Waals surface area contributed by atoms with Gasteiger partial charge in [0.1, 0.15) is 17.5 Å². The predicted octanol–water partition coefficient (Wildman–Crippen LogP) is 2.81. The van der Waals surface area contributed by atoms with Gasteiger partial charge in [0.15, 0.2) is 11.6 Å². The number of benzene rings is 1. The Bertz CT molecular complexity index is 914. The van der Waals surface area contributed by atoms with E-state index in [1.54, 1.807) is 12.1 Å². The van der Waals surface area contributed by atoms with E-state index >= 15 is 0 Å². The second-order valence-electron chi connectivity index (χ2n) is 6.79. The lowest BCUT2D eigenvalue weighted by Crippen LogP contribution is -2.44. The summed E-state index contributed by atoms with van der Waals surface area (Å²) in [5.41, 5.74) is 1.73. The molecule has 7 nitrogen and oxygen atoms in total. The van der Waals surface area contributed by atoms with E-state index in [2.05, 4.69) is 37.3 Å². The summed E-state index contributed by atoms with van der Waals surface area (Å²) < 4.78 is 13.3. The third kappa shape index (κ3) is 4.06. The molecule has 1 aliphatic heterocycles. The van der Waals surface area contributed by atoms with Gasteiger partial charge >= 0.3 is 0 Å². The number of H-pyrrole nitrogens is 1. The van der Waals surface area contributed by atoms with Crippen molar-refractivity contribution in [3.05, 3.63) is 47.9 Å². The van der Waals surface area contributed by atoms with Crippen LogP contribution in [0.15, 0.2) is 36.4 Å². The first-order chi connectivity index (χ1) is 13.1. The Morgan fingerprint density at radius 1 is 1.00 bits per heavy atom. The fraction of sp³-hybridized carbons (Fsp3) is 0.316. The molecule has 1 saturated heterocycles. The molecule has 4 rings (SSSR count). The van der Waals surface area contributed by atoms with Crippen molar-refractivity contribution in [1.82, 2.24) is 25.1 Å². The molecule has 0 aliphatic carbocycles. The molecule has 2 N–H and O–H groups in total. The van der Waals surface area contributed by atoms with Crippen molar-refractivity contribution in [3.63, 3.8) is 0 Å². The number of likely N-dealkylation sites (N-methyl/N-ethyl adjacent to an activating group) is 1. The van der Waals surface area contributed by atoms with Crippen molar-refractivity contribution < 1.29 is 4.39 Å². The van der Waals surface area contributed by atoms with Gasteiger partial charge < -0.3 is 15.1 Å². The van der Waals surface area contributed by atoms with Gasteiger partial charge in [-0.1, -0.05) is 0 Å². The molecule has 8 heteroatoms. The fourth-order valence-corrected chi connectivity index (χ4v) is 3.04. The molecule has 3 heterocycles. The second-order valence-corrected chi connectivity index (χ2v) is 6.79. The maximum absolute atomic E-state index is 13.3. The van der Waals surface area contributed by atoms with Crippen molar-refractivity contribution >= 4 is 17.5 Å². The highest BCUT2D eigenvalue weighted by molar-refractivity contribution is 5.64. The molecule has 0 atom stereocenters. The number of hydrogen-bond acceptors (Lipinski definition) is 6. The average Bonchev–Trinajstić information content (AvgIpc) is 3.07. The summed E-state index contributed by atoms with van der Waals surface area (Å²) in [6, 6.07) is 10.1. The molecule has 1 aromatic carbocycles. The minimum atomic E-state index is -0.278. The lowest BCUT2D eigenvalue weighted by Gasteiger charge is -2.33. The maximum atomic E-state index is 13.3. The Balaban J connectivity index is 1.70. The van der Waals surface area contributed by atoms with Crippen LogP contribution in [0.4, 0.5) is 21.8 Å². The van der Waals surface area contributed by atoms with Crippen molar-refractivity contribution in [2.75, 3.05) is 43.4 Å². The van der Waals surface area contributed by atoms with Gasteiger partial charge in [0.05, 0.1) is 0 Å². The first-order valence-electron chi connectivity index (χ1n) is 8.94. The molecular formula is C19H22FN7. The van der Waals surface area contributed by atoms with Crippen LogP contribution in [-0.2, 0) is 0 Å². The van der Waals surface area contributed by atoms with Crippen LogP contribution in [-0.4, -0.2) is 58.3 Å². The topological polar surface area (TPSA) is 73.0 Å². The summed E-state index contributed by atoms with van der Waals surface area (Å²) in [5.74, 6) is 2.48. The quantitative estimate of drug-likeness (QED) is 0.739. The van der Waals surface area contributed by atoms with Crippen LogP contribution in [0.25, 0.3) is 11.4 Å².